The van der Waals surface area contributed by atoms with Crippen molar-refractivity contribution in [3.63, 3.8) is 0 Å². The van der Waals surface area contributed by atoms with E-state index in [4.69, 9.17) is 0 Å². The SMILES string of the molecule is CC(=O)Nc1ccc([C@@H]2C[C@H]3CN(C4Cc5ccccc5C4)C(=O)[C@]34CCCN24)s1. The molecule has 30 heavy (non-hydrogen) atoms. The number of nitrogens with zero attached hydrogens (tertiary/aromatic N) is 2. The Morgan fingerprint density at radius 1 is 1.17 bits per heavy atom. The van der Waals surface area contributed by atoms with Gasteiger partial charge in [-0.05, 0) is 61.9 Å². The van der Waals surface area contributed by atoms with Crippen LogP contribution in [0, 0.1) is 5.92 Å². The van der Waals surface area contributed by atoms with Crippen molar-refractivity contribution in [2.75, 3.05) is 18.4 Å². The Morgan fingerprint density at radius 2 is 1.93 bits per heavy atom. The molecule has 1 N–H and O–H groups in total. The monoisotopic (exact) mass is 421 g/mol. The molecule has 3 saturated heterocycles. The minimum Gasteiger partial charge on any atom is -0.337 e. The lowest BCUT2D eigenvalue weighted by Crippen LogP contribution is -2.51. The Hall–Kier alpha value is -2.18. The summed E-state index contributed by atoms with van der Waals surface area (Å²) in [4.78, 5) is 31.3. The van der Waals surface area contributed by atoms with Crippen LogP contribution in [-0.2, 0) is 22.4 Å². The van der Waals surface area contributed by atoms with Crippen LogP contribution in [0.2, 0.25) is 0 Å². The van der Waals surface area contributed by atoms with Gasteiger partial charge >= 0.3 is 0 Å². The normalized spacial score (nSPS) is 30.6. The summed E-state index contributed by atoms with van der Waals surface area (Å²) < 4.78 is 0. The average Bonchev–Trinajstić information content (AvgIpc) is 3.49. The fourth-order valence-corrected chi connectivity index (χ4v) is 7.72. The number of thiophene rings is 1. The third-order valence-electron chi connectivity index (χ3n) is 7.80. The quantitative estimate of drug-likeness (QED) is 0.824. The number of hydrogen-bond donors (Lipinski definition) is 1. The first-order valence-corrected chi connectivity index (χ1v) is 11.9. The molecular formula is C24H27N3O2S. The maximum absolute atomic E-state index is 13.9. The molecule has 4 aliphatic rings. The molecule has 1 aromatic heterocycles. The maximum atomic E-state index is 13.9. The first kappa shape index (κ1) is 18.6. The molecule has 0 bridgehead atoms. The van der Waals surface area contributed by atoms with E-state index >= 15 is 0 Å². The molecule has 2 amide bonds. The summed E-state index contributed by atoms with van der Waals surface area (Å²) in [6, 6.07) is 13.4. The smallest absolute Gasteiger partial charge is 0.243 e. The van der Waals surface area contributed by atoms with Crippen molar-refractivity contribution in [2.24, 2.45) is 5.92 Å². The lowest BCUT2D eigenvalue weighted by molar-refractivity contribution is -0.138. The summed E-state index contributed by atoms with van der Waals surface area (Å²) in [7, 11) is 0. The van der Waals surface area contributed by atoms with Crippen molar-refractivity contribution in [1.82, 2.24) is 9.80 Å². The van der Waals surface area contributed by atoms with Crippen LogP contribution in [0.4, 0.5) is 5.00 Å². The lowest BCUT2D eigenvalue weighted by atomic mass is 9.85. The van der Waals surface area contributed by atoms with Gasteiger partial charge in [-0.25, -0.2) is 0 Å². The zero-order valence-electron chi connectivity index (χ0n) is 17.3. The van der Waals surface area contributed by atoms with E-state index in [0.29, 0.717) is 23.9 Å². The Labute approximate surface area is 181 Å². The molecule has 156 valence electrons. The van der Waals surface area contributed by atoms with E-state index in [9.17, 15) is 9.59 Å². The predicted octanol–water partition coefficient (Wildman–Crippen LogP) is 3.61. The fraction of sp³-hybridized carbons (Fsp3) is 0.500. The number of hydrogen-bond acceptors (Lipinski definition) is 4. The van der Waals surface area contributed by atoms with Crippen molar-refractivity contribution >= 4 is 28.2 Å². The van der Waals surface area contributed by atoms with Crippen molar-refractivity contribution < 1.29 is 9.59 Å². The molecular weight excluding hydrogens is 394 g/mol. The molecule has 3 aliphatic heterocycles. The molecule has 3 fully saturated rings. The van der Waals surface area contributed by atoms with Crippen LogP contribution < -0.4 is 5.32 Å². The van der Waals surface area contributed by atoms with E-state index in [-0.39, 0.29) is 11.4 Å². The first-order valence-electron chi connectivity index (χ1n) is 11.1. The molecule has 4 heterocycles. The zero-order valence-corrected chi connectivity index (χ0v) is 18.1. The Bertz CT molecular complexity index is 1010. The van der Waals surface area contributed by atoms with Crippen LogP contribution in [0.25, 0.3) is 0 Å². The van der Waals surface area contributed by atoms with Crippen molar-refractivity contribution in [1.29, 1.82) is 0 Å². The van der Waals surface area contributed by atoms with E-state index in [1.165, 1.54) is 16.0 Å². The first-order chi connectivity index (χ1) is 14.6. The summed E-state index contributed by atoms with van der Waals surface area (Å²) in [6.45, 7) is 3.44. The van der Waals surface area contributed by atoms with Crippen LogP contribution in [0.15, 0.2) is 36.4 Å². The number of nitrogens with one attached hydrogen (secondary N) is 1. The summed E-state index contributed by atoms with van der Waals surface area (Å²) in [5.41, 5.74) is 2.53. The van der Waals surface area contributed by atoms with Crippen LogP contribution >= 0.6 is 11.3 Å². The molecule has 2 aromatic rings. The van der Waals surface area contributed by atoms with Gasteiger partial charge in [0.15, 0.2) is 0 Å². The molecule has 1 aliphatic carbocycles. The number of carbonyl (C=O) groups is 2. The summed E-state index contributed by atoms with van der Waals surface area (Å²) in [6.07, 6.45) is 5.13. The van der Waals surface area contributed by atoms with Crippen LogP contribution in [0.1, 0.15) is 48.2 Å². The number of benzene rings is 1. The fourth-order valence-electron chi connectivity index (χ4n) is 6.64. The number of anilines is 1. The van der Waals surface area contributed by atoms with E-state index in [1.54, 1.807) is 18.3 Å². The van der Waals surface area contributed by atoms with Gasteiger partial charge in [-0.15, -0.1) is 11.3 Å². The third-order valence-corrected chi connectivity index (χ3v) is 8.90. The largest absolute Gasteiger partial charge is 0.337 e. The summed E-state index contributed by atoms with van der Waals surface area (Å²) >= 11 is 1.66. The van der Waals surface area contributed by atoms with Gasteiger partial charge in [-0.3, -0.25) is 14.5 Å². The molecule has 1 aromatic carbocycles. The zero-order chi connectivity index (χ0) is 20.5. The standard InChI is InChI=1S/C24H27N3O2S/c1-15(28)25-22-8-7-21(30-22)20-13-18-14-26(23(29)24(18)9-4-10-27(20)24)19-11-16-5-2-3-6-17(16)12-19/h2-3,5-8,18-20H,4,9-14H2,1H3,(H,25,28)/t18-,20-,24-/m0/s1. The molecule has 5 nitrogen and oxygen atoms in total. The second kappa shape index (κ2) is 6.66. The van der Waals surface area contributed by atoms with E-state index in [1.807, 2.05) is 6.07 Å². The van der Waals surface area contributed by atoms with Gasteiger partial charge < -0.3 is 10.2 Å². The molecule has 3 atom stereocenters. The van der Waals surface area contributed by atoms with Gasteiger partial charge in [0.25, 0.3) is 0 Å². The molecule has 0 saturated carbocycles. The second-order valence-corrected chi connectivity index (χ2v) is 10.5. The van der Waals surface area contributed by atoms with Gasteiger partial charge in [-0.1, -0.05) is 24.3 Å². The van der Waals surface area contributed by atoms with E-state index < -0.39 is 0 Å². The molecule has 6 heteroatoms. The predicted molar refractivity (Wildman–Crippen MR) is 117 cm³/mol. The second-order valence-electron chi connectivity index (χ2n) is 9.34. The lowest BCUT2D eigenvalue weighted by Gasteiger charge is -2.34. The number of amides is 2. The summed E-state index contributed by atoms with van der Waals surface area (Å²) in [5, 5.41) is 3.81. The topological polar surface area (TPSA) is 52.7 Å². The highest BCUT2D eigenvalue weighted by Crippen LogP contribution is 2.57. The Balaban J connectivity index is 1.26. The van der Waals surface area contributed by atoms with Crippen molar-refractivity contribution in [3.8, 4) is 0 Å². The number of likely N-dealkylation sites (tertiary alicyclic amines) is 1. The number of carbonyl (C=O) groups excluding carboxylic acids is 2. The van der Waals surface area contributed by atoms with E-state index in [2.05, 4.69) is 45.4 Å². The van der Waals surface area contributed by atoms with Gasteiger partial charge in [0, 0.05) is 36.3 Å². The van der Waals surface area contributed by atoms with Gasteiger partial charge in [0.1, 0.15) is 5.54 Å². The highest BCUT2D eigenvalue weighted by Gasteiger charge is 2.66. The molecule has 6 rings (SSSR count). The Kier molecular flexibility index (Phi) is 4.12. The third kappa shape index (κ3) is 2.56. The molecule has 1 spiro atoms. The molecule has 0 radical (unpaired) electrons. The minimum absolute atomic E-state index is 0.0345. The van der Waals surface area contributed by atoms with Crippen LogP contribution in [-0.4, -0.2) is 46.3 Å². The Morgan fingerprint density at radius 3 is 2.67 bits per heavy atom. The maximum Gasteiger partial charge on any atom is 0.243 e. The highest BCUT2D eigenvalue weighted by molar-refractivity contribution is 7.16. The van der Waals surface area contributed by atoms with Crippen LogP contribution in [0.5, 0.6) is 0 Å². The van der Waals surface area contributed by atoms with Crippen molar-refractivity contribution in [3.05, 3.63) is 52.4 Å². The van der Waals surface area contributed by atoms with Gasteiger partial charge in [0.2, 0.25) is 11.8 Å². The van der Waals surface area contributed by atoms with E-state index in [0.717, 1.165) is 50.2 Å². The van der Waals surface area contributed by atoms with Crippen molar-refractivity contribution in [2.45, 2.75) is 56.7 Å². The van der Waals surface area contributed by atoms with Gasteiger partial charge in [0.05, 0.1) is 5.00 Å². The van der Waals surface area contributed by atoms with Crippen LogP contribution in [0.3, 0.4) is 0 Å². The number of fused-ring (bicyclic) bond motifs is 1. The van der Waals surface area contributed by atoms with Gasteiger partial charge in [-0.2, -0.15) is 0 Å². The molecule has 0 unspecified atom stereocenters. The minimum atomic E-state index is -0.294. The number of rotatable bonds is 3. The highest BCUT2D eigenvalue weighted by atomic mass is 32.1. The average molecular weight is 422 g/mol. The summed E-state index contributed by atoms with van der Waals surface area (Å²) in [5.74, 6) is 0.754.